The maximum absolute atomic E-state index is 11.7. The lowest BCUT2D eigenvalue weighted by Gasteiger charge is -2.23. The smallest absolute Gasteiger partial charge is 0.207 e. The third-order valence-corrected chi connectivity index (χ3v) is 4.00. The van der Waals surface area contributed by atoms with E-state index in [-0.39, 0.29) is 6.16 Å². The molecule has 0 aliphatic rings. The molecule has 1 aromatic rings. The Balaban J connectivity index is 2.52. The summed E-state index contributed by atoms with van der Waals surface area (Å²) in [7, 11) is -3.49. The summed E-state index contributed by atoms with van der Waals surface area (Å²) in [5.41, 5.74) is 0. The first-order valence-electron chi connectivity index (χ1n) is 4.69. The molecule has 0 saturated heterocycles. The molecule has 0 saturated carbocycles. The number of benzene rings is 1. The van der Waals surface area contributed by atoms with Gasteiger partial charge in [-0.05, 0) is 17.9 Å². The van der Waals surface area contributed by atoms with E-state index >= 15 is 0 Å². The van der Waals surface area contributed by atoms with Crippen molar-refractivity contribution in [3.63, 3.8) is 0 Å². The van der Waals surface area contributed by atoms with E-state index in [0.717, 1.165) is 0 Å². The van der Waals surface area contributed by atoms with Gasteiger partial charge in [-0.15, -0.1) is 0 Å². The Hall–Kier alpha value is -1.12. The zero-order valence-corrected chi connectivity index (χ0v) is 9.15. The average Bonchev–Trinajstić information content (AvgIpc) is 2.26. The number of hydrogen-bond donors (Lipinski definition) is 1. The van der Waals surface area contributed by atoms with Crippen LogP contribution in [0.5, 0.6) is 0 Å². The summed E-state index contributed by atoms with van der Waals surface area (Å²) in [6.07, 6.45) is 1.09. The van der Waals surface area contributed by atoms with E-state index in [1.807, 2.05) is 0 Å². The van der Waals surface area contributed by atoms with Crippen LogP contribution in [0.2, 0.25) is 0 Å². The fourth-order valence-corrected chi connectivity index (χ4v) is 2.69. The second-order valence-electron chi connectivity index (χ2n) is 3.16. The standard InChI is InChI=1S/C10H14NO3P/c12-9-11-7-4-8-15(13,14)10-5-2-1-3-6-10/h1-3,5-6,9H,4,7-8H2,(H,11,12)(H,13,14)/p-1. The minimum atomic E-state index is -3.49. The highest BCUT2D eigenvalue weighted by molar-refractivity contribution is 7.64. The number of amides is 1. The molecule has 0 aromatic heterocycles. The Morgan fingerprint density at radius 3 is 2.60 bits per heavy atom. The van der Waals surface area contributed by atoms with Crippen molar-refractivity contribution in [2.24, 2.45) is 0 Å². The Bertz CT molecular complexity index is 353. The predicted octanol–water partition coefficient (Wildman–Crippen LogP) is 0.0864. The van der Waals surface area contributed by atoms with Gasteiger partial charge in [0.15, 0.2) is 0 Å². The first-order chi connectivity index (χ1) is 7.17. The Kier molecular flexibility index (Phi) is 4.53. The largest absolute Gasteiger partial charge is 0.796 e. The number of nitrogens with one attached hydrogen (secondary N) is 1. The molecule has 0 radical (unpaired) electrons. The predicted molar refractivity (Wildman–Crippen MR) is 57.2 cm³/mol. The van der Waals surface area contributed by atoms with Crippen molar-refractivity contribution in [3.8, 4) is 0 Å². The highest BCUT2D eigenvalue weighted by Gasteiger charge is 2.09. The highest BCUT2D eigenvalue weighted by atomic mass is 31.2. The quantitative estimate of drug-likeness (QED) is 0.424. The molecule has 0 fully saturated rings. The molecule has 82 valence electrons. The SMILES string of the molecule is O=CNCCCP(=O)([O-])c1ccccc1. The molecular formula is C10H13NO3P-. The molecule has 15 heavy (non-hydrogen) atoms. The maximum atomic E-state index is 11.7. The van der Waals surface area contributed by atoms with E-state index in [1.54, 1.807) is 30.3 Å². The molecule has 0 aliphatic carbocycles. The van der Waals surface area contributed by atoms with Gasteiger partial charge in [-0.3, -0.25) is 4.79 Å². The Morgan fingerprint density at radius 1 is 1.33 bits per heavy atom. The second-order valence-corrected chi connectivity index (χ2v) is 5.47. The Labute approximate surface area is 88.8 Å². The Morgan fingerprint density at radius 2 is 2.00 bits per heavy atom. The molecule has 1 atom stereocenters. The van der Waals surface area contributed by atoms with E-state index in [1.165, 1.54) is 0 Å². The van der Waals surface area contributed by atoms with Gasteiger partial charge in [0.2, 0.25) is 6.41 Å². The zero-order valence-electron chi connectivity index (χ0n) is 8.26. The van der Waals surface area contributed by atoms with Crippen LogP contribution < -0.4 is 15.5 Å². The molecule has 0 spiro atoms. The van der Waals surface area contributed by atoms with E-state index < -0.39 is 7.37 Å². The van der Waals surface area contributed by atoms with Crippen LogP contribution in [0.3, 0.4) is 0 Å². The third-order valence-electron chi connectivity index (χ3n) is 2.01. The minimum Gasteiger partial charge on any atom is -0.796 e. The summed E-state index contributed by atoms with van der Waals surface area (Å²) in [6, 6.07) is 8.34. The molecule has 1 rings (SSSR count). The lowest BCUT2D eigenvalue weighted by molar-refractivity contribution is -0.171. The topological polar surface area (TPSA) is 69.2 Å². The first kappa shape index (κ1) is 12.0. The lowest BCUT2D eigenvalue weighted by atomic mass is 10.4. The molecular weight excluding hydrogens is 213 g/mol. The molecule has 0 bridgehead atoms. The van der Waals surface area contributed by atoms with Crippen LogP contribution in [0, 0.1) is 0 Å². The molecule has 1 unspecified atom stereocenters. The van der Waals surface area contributed by atoms with Gasteiger partial charge in [0, 0.05) is 13.9 Å². The normalized spacial score (nSPS) is 14.2. The van der Waals surface area contributed by atoms with Crippen molar-refractivity contribution in [3.05, 3.63) is 30.3 Å². The van der Waals surface area contributed by atoms with Crippen LogP contribution in [0.4, 0.5) is 0 Å². The number of rotatable bonds is 6. The van der Waals surface area contributed by atoms with E-state index in [4.69, 9.17) is 0 Å². The highest BCUT2D eigenvalue weighted by Crippen LogP contribution is 2.34. The third kappa shape index (κ3) is 3.86. The van der Waals surface area contributed by atoms with Crippen molar-refractivity contribution in [2.75, 3.05) is 12.7 Å². The number of hydrogen-bond acceptors (Lipinski definition) is 3. The summed E-state index contributed by atoms with van der Waals surface area (Å²) >= 11 is 0. The van der Waals surface area contributed by atoms with Crippen LogP contribution in [0.25, 0.3) is 0 Å². The van der Waals surface area contributed by atoms with E-state index in [0.29, 0.717) is 24.7 Å². The molecule has 0 aliphatic heterocycles. The van der Waals surface area contributed by atoms with Crippen molar-refractivity contribution in [2.45, 2.75) is 6.42 Å². The second kappa shape index (κ2) is 5.69. The summed E-state index contributed by atoms with van der Waals surface area (Å²) in [6.45, 7) is 0.391. The van der Waals surface area contributed by atoms with Gasteiger partial charge < -0.3 is 14.8 Å². The van der Waals surface area contributed by atoms with Crippen molar-refractivity contribution < 1.29 is 14.3 Å². The van der Waals surface area contributed by atoms with Gasteiger partial charge in [-0.25, -0.2) is 0 Å². The fraction of sp³-hybridized carbons (Fsp3) is 0.300. The number of carbonyl (C=O) groups excluding carboxylic acids is 1. The van der Waals surface area contributed by atoms with Crippen LogP contribution in [0.15, 0.2) is 30.3 Å². The molecule has 5 heteroatoms. The van der Waals surface area contributed by atoms with Crippen molar-refractivity contribution >= 4 is 19.1 Å². The lowest BCUT2D eigenvalue weighted by Crippen LogP contribution is -2.21. The zero-order chi connectivity index (χ0) is 11.1. The molecule has 1 amide bonds. The molecule has 1 aromatic carbocycles. The van der Waals surface area contributed by atoms with Gasteiger partial charge in [-0.2, -0.15) is 0 Å². The van der Waals surface area contributed by atoms with Crippen LogP contribution in [0.1, 0.15) is 6.42 Å². The van der Waals surface area contributed by atoms with Gasteiger partial charge in [0.1, 0.15) is 0 Å². The molecule has 0 heterocycles. The van der Waals surface area contributed by atoms with Crippen molar-refractivity contribution in [1.82, 2.24) is 5.32 Å². The summed E-state index contributed by atoms with van der Waals surface area (Å²) in [5, 5.41) is 2.79. The molecule has 1 N–H and O–H groups in total. The van der Waals surface area contributed by atoms with Crippen LogP contribution in [-0.4, -0.2) is 19.1 Å². The van der Waals surface area contributed by atoms with E-state index in [9.17, 15) is 14.3 Å². The summed E-state index contributed by atoms with van der Waals surface area (Å²) in [5.74, 6) is 0. The number of carbonyl (C=O) groups is 1. The van der Waals surface area contributed by atoms with Gasteiger partial charge >= 0.3 is 0 Å². The van der Waals surface area contributed by atoms with E-state index in [2.05, 4.69) is 5.32 Å². The summed E-state index contributed by atoms with van der Waals surface area (Å²) in [4.78, 5) is 21.6. The van der Waals surface area contributed by atoms with Crippen LogP contribution in [-0.2, 0) is 9.36 Å². The first-order valence-corrected chi connectivity index (χ1v) is 6.50. The van der Waals surface area contributed by atoms with Crippen LogP contribution >= 0.6 is 7.37 Å². The molecule has 4 nitrogen and oxygen atoms in total. The van der Waals surface area contributed by atoms with Gasteiger partial charge in [-0.1, -0.05) is 30.3 Å². The fourth-order valence-electron chi connectivity index (χ4n) is 1.23. The monoisotopic (exact) mass is 226 g/mol. The van der Waals surface area contributed by atoms with Gasteiger partial charge in [0.25, 0.3) is 0 Å². The van der Waals surface area contributed by atoms with Crippen molar-refractivity contribution in [1.29, 1.82) is 0 Å². The summed E-state index contributed by atoms with van der Waals surface area (Å²) < 4.78 is 11.7. The van der Waals surface area contributed by atoms with Gasteiger partial charge in [0.05, 0.1) is 0 Å². The average molecular weight is 226 g/mol. The minimum absolute atomic E-state index is 0.0812. The maximum Gasteiger partial charge on any atom is 0.207 e.